The molecule has 2 N–H and O–H groups in total. The number of benzene rings is 1. The van der Waals surface area contributed by atoms with Crippen molar-refractivity contribution in [2.24, 2.45) is 22.4 Å². The van der Waals surface area contributed by atoms with Gasteiger partial charge in [0.2, 0.25) is 0 Å². The second-order valence-corrected chi connectivity index (χ2v) is 7.46. The van der Waals surface area contributed by atoms with Crippen LogP contribution in [0.3, 0.4) is 0 Å². The van der Waals surface area contributed by atoms with E-state index >= 15 is 0 Å². The molecule has 7 nitrogen and oxygen atoms in total. The number of nitrogens with zero attached hydrogens (tertiary/aromatic N) is 2. The topological polar surface area (TPSA) is 96.6 Å². The first-order chi connectivity index (χ1) is 12.3. The normalized spacial score (nSPS) is 23.1. The van der Waals surface area contributed by atoms with Crippen LogP contribution in [0.1, 0.15) is 44.0 Å². The van der Waals surface area contributed by atoms with Crippen LogP contribution in [0.4, 0.5) is 11.4 Å². The Morgan fingerprint density at radius 3 is 2.85 bits per heavy atom. The van der Waals surface area contributed by atoms with Crippen LogP contribution in [0.5, 0.6) is 0 Å². The number of amides is 1. The lowest BCUT2D eigenvalue weighted by molar-refractivity contribution is -0.384. The van der Waals surface area contributed by atoms with Gasteiger partial charge in [0, 0.05) is 18.2 Å². The molecule has 0 aromatic heterocycles. The summed E-state index contributed by atoms with van der Waals surface area (Å²) in [5.41, 5.74) is 4.41. The van der Waals surface area contributed by atoms with E-state index in [1.54, 1.807) is 18.3 Å². The van der Waals surface area contributed by atoms with E-state index in [9.17, 15) is 14.9 Å². The largest absolute Gasteiger partial charge is 0.380 e. The van der Waals surface area contributed by atoms with E-state index in [0.717, 1.165) is 17.9 Å². The molecule has 0 saturated heterocycles. The van der Waals surface area contributed by atoms with E-state index in [2.05, 4.69) is 35.8 Å². The first-order valence-corrected chi connectivity index (χ1v) is 8.90. The van der Waals surface area contributed by atoms with Gasteiger partial charge < -0.3 is 5.32 Å². The Morgan fingerprint density at radius 1 is 1.46 bits per heavy atom. The van der Waals surface area contributed by atoms with Gasteiger partial charge in [-0.05, 0) is 54.7 Å². The van der Waals surface area contributed by atoms with E-state index in [1.165, 1.54) is 12.5 Å². The summed E-state index contributed by atoms with van der Waals surface area (Å²) >= 11 is 0. The van der Waals surface area contributed by atoms with Crippen molar-refractivity contribution < 1.29 is 9.72 Å². The van der Waals surface area contributed by atoms with Gasteiger partial charge in [-0.25, -0.2) is 5.43 Å². The number of hydrogen-bond donors (Lipinski definition) is 2. The Bertz CT molecular complexity index is 798. The molecule has 2 bridgehead atoms. The third kappa shape index (κ3) is 3.21. The second-order valence-electron chi connectivity index (χ2n) is 7.46. The third-order valence-electron chi connectivity index (χ3n) is 5.71. The molecule has 2 atom stereocenters. The van der Waals surface area contributed by atoms with Gasteiger partial charge in [0.05, 0.1) is 11.1 Å². The quantitative estimate of drug-likeness (QED) is 0.461. The summed E-state index contributed by atoms with van der Waals surface area (Å²) in [5.74, 6) is 0.770. The molecular weight excluding hydrogens is 332 g/mol. The van der Waals surface area contributed by atoms with Gasteiger partial charge >= 0.3 is 0 Å². The molecule has 138 valence electrons. The zero-order valence-corrected chi connectivity index (χ0v) is 15.3. The maximum atomic E-state index is 12.3. The number of hydrazone groups is 1. The first kappa shape index (κ1) is 18.1. The zero-order chi connectivity index (χ0) is 18.9. The number of allylic oxidation sites excluding steroid dienone is 2. The van der Waals surface area contributed by atoms with Crippen molar-refractivity contribution in [2.75, 3.05) is 11.9 Å². The molecular formula is C19H24N4O3. The number of anilines is 1. The van der Waals surface area contributed by atoms with Crippen LogP contribution in [-0.2, 0) is 0 Å². The predicted molar refractivity (Wildman–Crippen MR) is 101 cm³/mol. The Hall–Kier alpha value is -2.70. The first-order valence-electron chi connectivity index (χ1n) is 8.90. The minimum absolute atomic E-state index is 0.124. The molecule has 0 aliphatic heterocycles. The number of carbonyl (C=O) groups excluding carboxylic acids is 1. The van der Waals surface area contributed by atoms with Crippen LogP contribution < -0.4 is 10.7 Å². The number of rotatable bonds is 6. The van der Waals surface area contributed by atoms with E-state index in [-0.39, 0.29) is 11.3 Å². The fourth-order valence-corrected chi connectivity index (χ4v) is 3.94. The van der Waals surface area contributed by atoms with Gasteiger partial charge in [-0.2, -0.15) is 5.10 Å². The molecule has 1 aromatic rings. The Balaban J connectivity index is 1.68. The van der Waals surface area contributed by atoms with Crippen molar-refractivity contribution in [3.63, 3.8) is 0 Å². The highest BCUT2D eigenvalue weighted by atomic mass is 16.6. The van der Waals surface area contributed by atoms with Crippen molar-refractivity contribution in [3.8, 4) is 0 Å². The summed E-state index contributed by atoms with van der Waals surface area (Å²) in [6, 6.07) is 4.36. The number of hydrogen-bond acceptors (Lipinski definition) is 5. The molecule has 1 fully saturated rings. The van der Waals surface area contributed by atoms with Crippen LogP contribution in [0, 0.1) is 27.4 Å². The molecule has 0 radical (unpaired) electrons. The molecule has 7 heteroatoms. The van der Waals surface area contributed by atoms with Gasteiger partial charge in [0.1, 0.15) is 5.69 Å². The fraction of sp³-hybridized carbons (Fsp3) is 0.474. The average molecular weight is 356 g/mol. The van der Waals surface area contributed by atoms with E-state index in [1.807, 2.05) is 6.92 Å². The molecule has 1 amide bonds. The molecule has 2 unspecified atom stereocenters. The van der Waals surface area contributed by atoms with Crippen LogP contribution >= 0.6 is 0 Å². The van der Waals surface area contributed by atoms with Crippen molar-refractivity contribution in [1.82, 2.24) is 5.43 Å². The number of nitrogens with one attached hydrogen (secondary N) is 2. The van der Waals surface area contributed by atoms with Gasteiger partial charge in [-0.15, -0.1) is 0 Å². The van der Waals surface area contributed by atoms with Crippen molar-refractivity contribution >= 4 is 23.5 Å². The molecule has 1 aromatic carbocycles. The standard InChI is InChI=1S/C19H24N4O3/c1-4-20-16-8-6-12(9-17(16)23(25)26)18(24)22-21-11-13-5-7-14-10-15(13)19(14,2)3/h5-6,8-9,11,14-15,20H,4,7,10H2,1-3H3,(H,22,24). The minimum atomic E-state index is -0.500. The highest BCUT2D eigenvalue weighted by Gasteiger charge is 2.50. The lowest BCUT2D eigenvalue weighted by Gasteiger charge is -2.55. The summed E-state index contributed by atoms with van der Waals surface area (Å²) in [6.45, 7) is 6.96. The molecule has 0 heterocycles. The van der Waals surface area contributed by atoms with Crippen LogP contribution in [0.2, 0.25) is 0 Å². The Kier molecular flexibility index (Phi) is 4.80. The second kappa shape index (κ2) is 6.90. The number of carbonyl (C=O) groups is 1. The third-order valence-corrected chi connectivity index (χ3v) is 5.71. The van der Waals surface area contributed by atoms with Gasteiger partial charge in [0.25, 0.3) is 11.6 Å². The molecule has 0 spiro atoms. The SMILES string of the molecule is CCNc1ccc(C(=O)NN=CC2=CCC3CC2C3(C)C)cc1[N+](=O)[O-]. The molecule has 3 aliphatic carbocycles. The van der Waals surface area contributed by atoms with Crippen molar-refractivity contribution in [1.29, 1.82) is 0 Å². The van der Waals surface area contributed by atoms with Crippen molar-refractivity contribution in [3.05, 3.63) is 45.5 Å². The summed E-state index contributed by atoms with van der Waals surface area (Å²) in [5, 5.41) is 18.2. The lowest BCUT2D eigenvalue weighted by atomic mass is 9.49. The number of nitro groups is 1. The van der Waals surface area contributed by atoms with Gasteiger partial charge in [-0.3, -0.25) is 14.9 Å². The van der Waals surface area contributed by atoms with Crippen molar-refractivity contribution in [2.45, 2.75) is 33.6 Å². The van der Waals surface area contributed by atoms with E-state index in [0.29, 0.717) is 23.6 Å². The molecule has 1 saturated carbocycles. The highest BCUT2D eigenvalue weighted by molar-refractivity contribution is 5.96. The highest BCUT2D eigenvalue weighted by Crippen LogP contribution is 2.58. The summed E-state index contributed by atoms with van der Waals surface area (Å²) < 4.78 is 0. The minimum Gasteiger partial charge on any atom is -0.380 e. The maximum Gasteiger partial charge on any atom is 0.293 e. The van der Waals surface area contributed by atoms with Gasteiger partial charge in [-0.1, -0.05) is 19.9 Å². The molecule has 3 aliphatic rings. The van der Waals surface area contributed by atoms with E-state index in [4.69, 9.17) is 0 Å². The number of fused-ring (bicyclic) bond motifs is 1. The smallest absolute Gasteiger partial charge is 0.293 e. The van der Waals surface area contributed by atoms with Gasteiger partial charge in [0.15, 0.2) is 0 Å². The zero-order valence-electron chi connectivity index (χ0n) is 15.3. The predicted octanol–water partition coefficient (Wildman–Crippen LogP) is 3.73. The fourth-order valence-electron chi connectivity index (χ4n) is 3.94. The monoisotopic (exact) mass is 356 g/mol. The van der Waals surface area contributed by atoms with E-state index < -0.39 is 10.8 Å². The summed E-state index contributed by atoms with van der Waals surface area (Å²) in [6.07, 6.45) is 6.13. The summed E-state index contributed by atoms with van der Waals surface area (Å²) in [7, 11) is 0. The average Bonchev–Trinajstić information content (AvgIpc) is 2.62. The van der Waals surface area contributed by atoms with Crippen LogP contribution in [-0.4, -0.2) is 23.6 Å². The Labute approximate surface area is 152 Å². The summed E-state index contributed by atoms with van der Waals surface area (Å²) in [4.78, 5) is 23.0. The Morgan fingerprint density at radius 2 is 2.23 bits per heavy atom. The molecule has 4 rings (SSSR count). The van der Waals surface area contributed by atoms with Crippen LogP contribution in [0.15, 0.2) is 34.9 Å². The lowest BCUT2D eigenvalue weighted by Crippen LogP contribution is -2.48. The van der Waals surface area contributed by atoms with Crippen LogP contribution in [0.25, 0.3) is 0 Å². The maximum absolute atomic E-state index is 12.3. The molecule has 26 heavy (non-hydrogen) atoms. The number of nitro benzene ring substituents is 1.